The highest BCUT2D eigenvalue weighted by atomic mass is 32.2. The van der Waals surface area contributed by atoms with Crippen molar-refractivity contribution in [1.82, 2.24) is 15.1 Å². The van der Waals surface area contributed by atoms with Crippen LogP contribution in [-0.4, -0.2) is 67.7 Å². The summed E-state index contributed by atoms with van der Waals surface area (Å²) in [5, 5.41) is 18.5. The van der Waals surface area contributed by atoms with Crippen molar-refractivity contribution < 1.29 is 37.8 Å². The highest BCUT2D eigenvalue weighted by Crippen LogP contribution is 2.72. The number of fused-ring (bicyclic) bond motifs is 6. The molecule has 6 rings (SSSR count). The van der Waals surface area contributed by atoms with Gasteiger partial charge in [-0.3, -0.25) is 19.2 Å². The first kappa shape index (κ1) is 34.3. The van der Waals surface area contributed by atoms with Crippen molar-refractivity contribution in [2.24, 2.45) is 34.3 Å². The molecule has 258 valence electrons. The molecular weight excluding hydrogens is 642 g/mol. The van der Waals surface area contributed by atoms with Gasteiger partial charge in [-0.15, -0.1) is 0 Å². The molecule has 13 heteroatoms. The minimum atomic E-state index is -2.07. The van der Waals surface area contributed by atoms with E-state index in [0.717, 1.165) is 16.8 Å². The average molecular weight is 685 g/mol. The summed E-state index contributed by atoms with van der Waals surface area (Å²) in [5.41, 5.74) is 2.50. The van der Waals surface area contributed by atoms with Gasteiger partial charge in [-0.25, -0.2) is 13.5 Å². The Kier molecular flexibility index (Phi) is 8.63. The Balaban J connectivity index is 1.36. The monoisotopic (exact) mass is 684 g/mol. The van der Waals surface area contributed by atoms with E-state index >= 15 is 4.39 Å². The number of amides is 2. The number of primary amides is 1. The van der Waals surface area contributed by atoms with Crippen LogP contribution in [0.15, 0.2) is 36.0 Å². The number of ether oxygens (including phenoxy) is 1. The van der Waals surface area contributed by atoms with Crippen LogP contribution >= 0.6 is 11.8 Å². The summed E-state index contributed by atoms with van der Waals surface area (Å²) in [6, 6.07) is 5.79. The number of carbonyl (C=O) groups excluding carboxylic acids is 4. The lowest BCUT2D eigenvalue weighted by Crippen LogP contribution is -2.70. The molecule has 4 N–H and O–H groups in total. The van der Waals surface area contributed by atoms with Crippen LogP contribution in [0.5, 0.6) is 0 Å². The molecule has 4 aliphatic rings. The second-order valence-corrected chi connectivity index (χ2v) is 15.1. The van der Waals surface area contributed by atoms with Crippen LogP contribution in [0, 0.1) is 28.6 Å². The fourth-order valence-electron chi connectivity index (χ4n) is 9.73. The van der Waals surface area contributed by atoms with Crippen molar-refractivity contribution >= 4 is 40.7 Å². The Morgan fingerprint density at radius 2 is 1.98 bits per heavy atom. The maximum atomic E-state index is 18.2. The summed E-state index contributed by atoms with van der Waals surface area (Å²) in [6.07, 6.45) is 3.65. The van der Waals surface area contributed by atoms with Crippen LogP contribution in [0.3, 0.4) is 0 Å². The normalized spacial score (nSPS) is 34.9. The number of thioether (sulfide) groups is 1. The zero-order valence-corrected chi connectivity index (χ0v) is 28.4. The van der Waals surface area contributed by atoms with Crippen molar-refractivity contribution in [1.29, 1.82) is 0 Å². The van der Waals surface area contributed by atoms with E-state index in [9.17, 15) is 28.7 Å². The number of aliphatic hydroxyl groups excluding tert-OH is 1. The third kappa shape index (κ3) is 4.78. The molecule has 1 heterocycles. The largest absolute Gasteiger partial charge is 0.449 e. The fraction of sp³-hybridized carbons (Fsp3) is 0.571. The molecule has 2 unspecified atom stereocenters. The van der Waals surface area contributed by atoms with Gasteiger partial charge in [0.05, 0.1) is 30.2 Å². The third-order valence-corrected chi connectivity index (χ3v) is 12.6. The fourth-order valence-corrected chi connectivity index (χ4v) is 10.5. The summed E-state index contributed by atoms with van der Waals surface area (Å²) < 4.78 is 39.5. The van der Waals surface area contributed by atoms with Crippen molar-refractivity contribution in [3.05, 3.63) is 52.9 Å². The number of nitrogens with one attached hydrogen (secondary N) is 1. The third-order valence-electron chi connectivity index (χ3n) is 11.9. The number of allylic oxidation sites excluding steroid dienone is 1. The van der Waals surface area contributed by atoms with Crippen molar-refractivity contribution in [3.8, 4) is 5.69 Å². The van der Waals surface area contributed by atoms with Gasteiger partial charge >= 0.3 is 5.97 Å². The summed E-state index contributed by atoms with van der Waals surface area (Å²) >= 11 is 0.466. The molecule has 10 nitrogen and oxygen atoms in total. The Bertz CT molecular complexity index is 1710. The van der Waals surface area contributed by atoms with Gasteiger partial charge in [0.1, 0.15) is 11.7 Å². The quantitative estimate of drug-likeness (QED) is 0.345. The molecule has 1 aromatic carbocycles. The number of esters is 1. The minimum absolute atomic E-state index is 0.0246. The molecule has 2 aromatic rings. The second-order valence-electron chi connectivity index (χ2n) is 14.2. The van der Waals surface area contributed by atoms with E-state index in [1.807, 2.05) is 26.8 Å². The van der Waals surface area contributed by atoms with Gasteiger partial charge in [0.25, 0.3) is 5.91 Å². The lowest BCUT2D eigenvalue weighted by molar-refractivity contribution is -0.231. The van der Waals surface area contributed by atoms with Crippen LogP contribution in [0.2, 0.25) is 0 Å². The summed E-state index contributed by atoms with van der Waals surface area (Å²) in [7, 11) is 0. The Hall–Kier alpha value is -3.58. The lowest BCUT2D eigenvalue weighted by atomic mass is 9.44. The molecule has 0 bridgehead atoms. The standard InChI is InChI=1S/C35H42F2N4O6S/c1-5-29(44)47-35(31(46)48-18-36)19(2)11-25-24-10-9-22-13-26-21(14-32(22,3)34(24,37)27(42)15-33(25,35)4)16-40-41(26)23-8-6-7-20(12-23)30(45)39-17-28(38)43/h6-8,12-13,16,19,24-25,27,42H,5,9-11,14-15,17-18H2,1-4H3,(H2,38,43)(H,39,45)/t19-,24+,25+,27?,32+,33?,34+,35+/m1/s1. The van der Waals surface area contributed by atoms with Gasteiger partial charge in [-0.05, 0) is 79.6 Å². The maximum Gasteiger partial charge on any atom is 0.306 e. The Labute approximate surface area is 282 Å². The zero-order valence-electron chi connectivity index (χ0n) is 27.6. The molecule has 0 saturated heterocycles. The predicted molar refractivity (Wildman–Crippen MR) is 175 cm³/mol. The summed E-state index contributed by atoms with van der Waals surface area (Å²) in [4.78, 5) is 50.2. The van der Waals surface area contributed by atoms with Crippen molar-refractivity contribution in [2.45, 2.75) is 83.6 Å². The topological polar surface area (TPSA) is 154 Å². The molecule has 3 fully saturated rings. The van der Waals surface area contributed by atoms with Gasteiger partial charge in [0.2, 0.25) is 11.0 Å². The van der Waals surface area contributed by atoms with E-state index in [1.54, 1.807) is 42.1 Å². The van der Waals surface area contributed by atoms with E-state index in [2.05, 4.69) is 10.4 Å². The molecule has 4 aliphatic carbocycles. The summed E-state index contributed by atoms with van der Waals surface area (Å²) in [5.74, 6) is -3.25. The molecule has 1 aromatic heterocycles. The van der Waals surface area contributed by atoms with Crippen LogP contribution in [0.1, 0.15) is 81.4 Å². The van der Waals surface area contributed by atoms with E-state index in [-0.39, 0.29) is 25.8 Å². The van der Waals surface area contributed by atoms with Crippen LogP contribution in [-0.2, 0) is 25.5 Å². The SMILES string of the molecule is CCC(=O)O[C@]1(C(=O)SCF)[C@H](C)C[C@H]2[C@@H]3CCC4=Cc5c(cnn5-c5cccc(C(=O)NCC(N)=O)c5)C[C@]4(C)[C@@]3(F)C(O)CC21C. The average Bonchev–Trinajstić information content (AvgIpc) is 3.54. The molecule has 0 aliphatic heterocycles. The van der Waals surface area contributed by atoms with Crippen molar-refractivity contribution in [3.63, 3.8) is 0 Å². The first-order valence-electron chi connectivity index (χ1n) is 16.4. The highest BCUT2D eigenvalue weighted by Gasteiger charge is 2.77. The zero-order chi connectivity index (χ0) is 34.8. The number of hydrogen-bond acceptors (Lipinski definition) is 8. The molecule has 0 spiro atoms. The smallest absolute Gasteiger partial charge is 0.306 e. The lowest BCUT2D eigenvalue weighted by Gasteiger charge is -2.63. The van der Waals surface area contributed by atoms with Gasteiger partial charge in [0, 0.05) is 34.7 Å². The number of nitrogens with two attached hydrogens (primary N) is 1. The highest BCUT2D eigenvalue weighted by molar-refractivity contribution is 8.13. The number of aromatic nitrogens is 2. The van der Waals surface area contributed by atoms with E-state index < -0.39 is 74.9 Å². The number of halogens is 2. The predicted octanol–water partition coefficient (Wildman–Crippen LogP) is 4.46. The number of benzene rings is 1. The number of nitrogens with zero attached hydrogens (tertiary/aromatic N) is 2. The summed E-state index contributed by atoms with van der Waals surface area (Å²) in [6.45, 7) is 6.80. The van der Waals surface area contributed by atoms with Crippen molar-refractivity contribution in [2.75, 3.05) is 12.6 Å². The number of hydrogen-bond donors (Lipinski definition) is 3. The number of carbonyl (C=O) groups is 4. The van der Waals surface area contributed by atoms with Crippen LogP contribution < -0.4 is 11.1 Å². The number of alkyl halides is 2. The Morgan fingerprint density at radius 3 is 2.67 bits per heavy atom. The number of aliphatic hydroxyl groups is 1. The maximum absolute atomic E-state index is 18.2. The Morgan fingerprint density at radius 1 is 1.23 bits per heavy atom. The van der Waals surface area contributed by atoms with E-state index in [4.69, 9.17) is 10.5 Å². The van der Waals surface area contributed by atoms with Gasteiger partial charge in [-0.1, -0.05) is 39.3 Å². The van der Waals surface area contributed by atoms with Gasteiger partial charge in [0.15, 0.2) is 5.60 Å². The second kappa shape index (κ2) is 12.1. The van der Waals surface area contributed by atoms with E-state index in [0.29, 0.717) is 42.3 Å². The minimum Gasteiger partial charge on any atom is -0.449 e. The van der Waals surface area contributed by atoms with E-state index in [1.165, 1.54) is 0 Å². The molecule has 48 heavy (non-hydrogen) atoms. The molecule has 2 amide bonds. The molecular formula is C35H42F2N4O6S. The van der Waals surface area contributed by atoms with Gasteiger partial charge < -0.3 is 20.9 Å². The molecule has 8 atom stereocenters. The number of rotatable bonds is 8. The molecule has 3 saturated carbocycles. The molecule has 0 radical (unpaired) electrons. The first-order chi connectivity index (χ1) is 22.7. The first-order valence-corrected chi connectivity index (χ1v) is 17.4. The van der Waals surface area contributed by atoms with Crippen LogP contribution in [0.4, 0.5) is 8.78 Å². The van der Waals surface area contributed by atoms with Crippen LogP contribution in [0.25, 0.3) is 11.8 Å². The van der Waals surface area contributed by atoms with Gasteiger partial charge in [-0.2, -0.15) is 5.10 Å².